The molecule has 3 nitrogen and oxygen atoms in total. The second-order valence-corrected chi connectivity index (χ2v) is 14.0. The molecule has 0 saturated carbocycles. The van der Waals surface area contributed by atoms with Gasteiger partial charge in [0.2, 0.25) is 0 Å². The van der Waals surface area contributed by atoms with Crippen LogP contribution in [-0.2, 0) is 0 Å². The molecule has 50 heavy (non-hydrogen) atoms. The fourth-order valence-electron chi connectivity index (χ4n) is 7.95. The first-order valence-electron chi connectivity index (χ1n) is 16.9. The van der Waals surface area contributed by atoms with Gasteiger partial charge in [0.25, 0.3) is 0 Å². The van der Waals surface area contributed by atoms with Gasteiger partial charge in [-0.2, -0.15) is 0 Å². The fourth-order valence-corrected chi connectivity index (χ4v) is 9.06. The molecule has 0 unspecified atom stereocenters. The molecule has 0 aliphatic carbocycles. The Morgan fingerprint density at radius 3 is 2.04 bits per heavy atom. The van der Waals surface area contributed by atoms with Crippen molar-refractivity contribution in [3.63, 3.8) is 0 Å². The zero-order valence-corrected chi connectivity index (χ0v) is 27.7. The van der Waals surface area contributed by atoms with E-state index >= 15 is 0 Å². The lowest BCUT2D eigenvalue weighted by molar-refractivity contribution is 0.669. The average molecular weight is 657 g/mol. The van der Waals surface area contributed by atoms with E-state index in [2.05, 4.69) is 173 Å². The summed E-state index contributed by atoms with van der Waals surface area (Å²) in [5.74, 6) is 0. The maximum atomic E-state index is 6.73. The highest BCUT2D eigenvalue weighted by atomic mass is 32.1. The maximum absolute atomic E-state index is 6.73. The van der Waals surface area contributed by atoms with Crippen LogP contribution < -0.4 is 4.90 Å². The summed E-state index contributed by atoms with van der Waals surface area (Å²) in [6.07, 6.45) is 0. The fraction of sp³-hybridized carbons (Fsp3) is 0. The van der Waals surface area contributed by atoms with Crippen molar-refractivity contribution in [3.8, 4) is 5.69 Å². The van der Waals surface area contributed by atoms with E-state index < -0.39 is 0 Å². The Bertz CT molecular complexity index is 3110. The SMILES string of the molecule is c1ccc(-n2c3ccccc3c3c(N(c4ccc5sc6cc7ccccc7cc6c5c4)c4cccc5c4oc4ccccc45)cccc32)cc1. The Morgan fingerprint density at radius 1 is 0.460 bits per heavy atom. The molecule has 234 valence electrons. The number of furan rings is 1. The number of hydrogen-bond acceptors (Lipinski definition) is 3. The van der Waals surface area contributed by atoms with Crippen LogP contribution in [0.15, 0.2) is 174 Å². The zero-order chi connectivity index (χ0) is 32.8. The van der Waals surface area contributed by atoms with Crippen LogP contribution in [-0.4, -0.2) is 4.57 Å². The highest BCUT2D eigenvalue weighted by Gasteiger charge is 2.24. The number of hydrogen-bond donors (Lipinski definition) is 0. The molecule has 11 aromatic rings. The third-order valence-electron chi connectivity index (χ3n) is 10.1. The average Bonchev–Trinajstić information content (AvgIpc) is 3.84. The lowest BCUT2D eigenvalue weighted by Crippen LogP contribution is -2.10. The predicted molar refractivity (Wildman–Crippen MR) is 213 cm³/mol. The van der Waals surface area contributed by atoms with Gasteiger partial charge in [0, 0.05) is 53.1 Å². The van der Waals surface area contributed by atoms with Crippen molar-refractivity contribution in [2.75, 3.05) is 4.90 Å². The van der Waals surface area contributed by atoms with E-state index in [0.717, 1.165) is 50.2 Å². The third kappa shape index (κ3) is 3.97. The highest BCUT2D eigenvalue weighted by molar-refractivity contribution is 7.25. The Morgan fingerprint density at radius 2 is 1.14 bits per heavy atom. The number of para-hydroxylation sites is 4. The van der Waals surface area contributed by atoms with Crippen molar-refractivity contribution in [1.82, 2.24) is 4.57 Å². The number of rotatable bonds is 4. The van der Waals surface area contributed by atoms with E-state index in [1.807, 2.05) is 17.4 Å². The molecule has 0 saturated heterocycles. The van der Waals surface area contributed by atoms with Gasteiger partial charge in [-0.05, 0) is 83.6 Å². The molecular weight excluding hydrogens is 629 g/mol. The first-order valence-corrected chi connectivity index (χ1v) is 17.7. The second-order valence-electron chi connectivity index (χ2n) is 12.9. The molecule has 0 bridgehead atoms. The van der Waals surface area contributed by atoms with Gasteiger partial charge in [0.05, 0.1) is 22.4 Å². The zero-order valence-electron chi connectivity index (χ0n) is 26.9. The van der Waals surface area contributed by atoms with Gasteiger partial charge in [-0.15, -0.1) is 11.3 Å². The van der Waals surface area contributed by atoms with Crippen molar-refractivity contribution < 1.29 is 4.42 Å². The van der Waals surface area contributed by atoms with Crippen molar-refractivity contribution in [2.45, 2.75) is 0 Å². The predicted octanol–water partition coefficient (Wildman–Crippen LogP) is 13.7. The summed E-state index contributed by atoms with van der Waals surface area (Å²) >= 11 is 1.86. The van der Waals surface area contributed by atoms with Gasteiger partial charge in [-0.1, -0.05) is 97.1 Å². The molecule has 0 atom stereocenters. The van der Waals surface area contributed by atoms with Gasteiger partial charge in [0.1, 0.15) is 5.58 Å². The number of benzene rings is 8. The first kappa shape index (κ1) is 27.6. The Balaban J connectivity index is 1.25. The minimum absolute atomic E-state index is 0.874. The second kappa shape index (κ2) is 10.6. The van der Waals surface area contributed by atoms with E-state index in [4.69, 9.17) is 4.42 Å². The van der Waals surface area contributed by atoms with Crippen molar-refractivity contribution in [2.24, 2.45) is 0 Å². The largest absolute Gasteiger partial charge is 0.454 e. The van der Waals surface area contributed by atoms with Gasteiger partial charge in [0.15, 0.2) is 5.58 Å². The molecule has 11 rings (SSSR count). The first-order chi connectivity index (χ1) is 24.8. The molecule has 0 aliphatic rings. The van der Waals surface area contributed by atoms with Crippen molar-refractivity contribution >= 4 is 103 Å². The lowest BCUT2D eigenvalue weighted by Gasteiger charge is -2.26. The molecule has 0 amide bonds. The van der Waals surface area contributed by atoms with Crippen LogP contribution in [0.25, 0.3) is 80.4 Å². The summed E-state index contributed by atoms with van der Waals surface area (Å²) in [6, 6.07) is 61.2. The molecule has 0 spiro atoms. The smallest absolute Gasteiger partial charge is 0.159 e. The van der Waals surface area contributed by atoms with Crippen LogP contribution in [0.4, 0.5) is 17.1 Å². The Kier molecular flexibility index (Phi) is 5.83. The number of fused-ring (bicyclic) bond motifs is 10. The summed E-state index contributed by atoms with van der Waals surface area (Å²) in [5, 5.41) is 9.70. The Labute approximate surface area is 291 Å². The van der Waals surface area contributed by atoms with Gasteiger partial charge < -0.3 is 13.9 Å². The third-order valence-corrected chi connectivity index (χ3v) is 11.3. The number of anilines is 3. The van der Waals surface area contributed by atoms with Crippen LogP contribution in [0.5, 0.6) is 0 Å². The van der Waals surface area contributed by atoms with E-state index in [-0.39, 0.29) is 0 Å². The summed E-state index contributed by atoms with van der Waals surface area (Å²) in [7, 11) is 0. The molecule has 0 radical (unpaired) electrons. The maximum Gasteiger partial charge on any atom is 0.159 e. The van der Waals surface area contributed by atoms with E-state index in [1.165, 1.54) is 47.2 Å². The summed E-state index contributed by atoms with van der Waals surface area (Å²) in [4.78, 5) is 2.42. The molecule has 0 fully saturated rings. The monoisotopic (exact) mass is 656 g/mol. The molecule has 3 aromatic heterocycles. The number of nitrogens with zero attached hydrogens (tertiary/aromatic N) is 2. The molecule has 0 aliphatic heterocycles. The quantitative estimate of drug-likeness (QED) is 0.188. The van der Waals surface area contributed by atoms with E-state index in [9.17, 15) is 0 Å². The topological polar surface area (TPSA) is 21.3 Å². The van der Waals surface area contributed by atoms with Crippen LogP contribution >= 0.6 is 11.3 Å². The van der Waals surface area contributed by atoms with E-state index in [1.54, 1.807) is 0 Å². The normalized spacial score (nSPS) is 12.0. The van der Waals surface area contributed by atoms with Crippen LogP contribution in [0, 0.1) is 0 Å². The lowest BCUT2D eigenvalue weighted by atomic mass is 10.0. The van der Waals surface area contributed by atoms with Crippen molar-refractivity contribution in [1.29, 1.82) is 0 Å². The number of aromatic nitrogens is 1. The molecular formula is C46H28N2OS. The molecule has 4 heteroatoms. The minimum Gasteiger partial charge on any atom is -0.454 e. The summed E-state index contributed by atoms with van der Waals surface area (Å²) in [6.45, 7) is 0. The van der Waals surface area contributed by atoms with Gasteiger partial charge in [-0.3, -0.25) is 0 Å². The van der Waals surface area contributed by atoms with Crippen molar-refractivity contribution in [3.05, 3.63) is 170 Å². The van der Waals surface area contributed by atoms with Crippen LogP contribution in [0.3, 0.4) is 0 Å². The highest BCUT2D eigenvalue weighted by Crippen LogP contribution is 2.48. The van der Waals surface area contributed by atoms with E-state index in [0.29, 0.717) is 0 Å². The molecule has 0 N–H and O–H groups in total. The standard InChI is InChI=1S/C46H28N2OS/c1-2-14-31(15-3-1)47-38-19-8-6-17-35(38)45-39(47)20-11-21-40(45)48(41-22-10-18-34-33-16-7-9-23-42(33)49-46(34)41)32-24-25-43-37(28-32)36-26-29-12-4-5-13-30(29)27-44(36)50-43/h1-28H. The van der Waals surface area contributed by atoms with Crippen LogP contribution in [0.1, 0.15) is 0 Å². The minimum atomic E-state index is 0.874. The number of thiophene rings is 1. The summed E-state index contributed by atoms with van der Waals surface area (Å²) in [5.41, 5.74) is 8.43. The van der Waals surface area contributed by atoms with Crippen LogP contribution in [0.2, 0.25) is 0 Å². The molecule has 3 heterocycles. The summed E-state index contributed by atoms with van der Waals surface area (Å²) < 4.78 is 11.7. The van der Waals surface area contributed by atoms with Gasteiger partial charge in [-0.25, -0.2) is 0 Å². The Hall–Kier alpha value is -6.36. The molecule has 8 aromatic carbocycles. The van der Waals surface area contributed by atoms with Gasteiger partial charge >= 0.3 is 0 Å².